The van der Waals surface area contributed by atoms with Gasteiger partial charge < -0.3 is 19.3 Å². The zero-order valence-electron chi connectivity index (χ0n) is 23.1. The van der Waals surface area contributed by atoms with Gasteiger partial charge in [-0.05, 0) is 42.3 Å². The number of methoxy groups -OCH3 is 3. The maximum atomic E-state index is 13.6. The van der Waals surface area contributed by atoms with Gasteiger partial charge in [-0.1, -0.05) is 81.0 Å². The number of ketones is 1. The van der Waals surface area contributed by atoms with E-state index in [0.29, 0.717) is 38.5 Å². The van der Waals surface area contributed by atoms with E-state index < -0.39 is 17.7 Å². The maximum Gasteiger partial charge on any atom is 0.301 e. The fourth-order valence-corrected chi connectivity index (χ4v) is 6.64. The van der Waals surface area contributed by atoms with Crippen LogP contribution in [0.2, 0.25) is 0 Å². The zero-order valence-corrected chi connectivity index (χ0v) is 26.3. The Morgan fingerprint density at radius 3 is 2.21 bits per heavy atom. The van der Waals surface area contributed by atoms with Gasteiger partial charge in [0.1, 0.15) is 5.76 Å². The summed E-state index contributed by atoms with van der Waals surface area (Å²) in [7, 11) is 4.43. The molecule has 3 aromatic carbocycles. The number of rotatable bonds is 9. The molecule has 0 spiro atoms. The number of carbonyl (C=O) groups excluding carboxylic acids is 2. The smallest absolute Gasteiger partial charge is 0.301 e. The van der Waals surface area contributed by atoms with Crippen LogP contribution in [-0.4, -0.2) is 48.3 Å². The molecule has 0 radical (unpaired) electrons. The van der Waals surface area contributed by atoms with E-state index in [1.54, 1.807) is 36.4 Å². The third-order valence-electron chi connectivity index (χ3n) is 6.65. The monoisotopic (exact) mass is 667 g/mol. The van der Waals surface area contributed by atoms with Gasteiger partial charge in [0.15, 0.2) is 15.8 Å². The summed E-state index contributed by atoms with van der Waals surface area (Å²) in [5.74, 6) is -0.342. The number of carbonyl (C=O) groups is 2. The standard InChI is InChI=1S/C30H26BrN3O6S2/c1-16-5-7-17(8-6-16)15-41-30-33-32-29(42-30)34-24(19-13-21(38-2)27(40-4)22(14-19)39-3)23(26(36)28(34)37)25(35)18-9-11-20(31)12-10-18/h5-14,24,35H,15H2,1-4H3/b25-23-. The van der Waals surface area contributed by atoms with E-state index in [-0.39, 0.29) is 16.5 Å². The largest absolute Gasteiger partial charge is 0.507 e. The summed E-state index contributed by atoms with van der Waals surface area (Å²) in [6.07, 6.45) is 0. The lowest BCUT2D eigenvalue weighted by Crippen LogP contribution is -2.29. The number of halogens is 1. The third kappa shape index (κ3) is 5.74. The van der Waals surface area contributed by atoms with Crippen LogP contribution in [0.15, 0.2) is 75.0 Å². The van der Waals surface area contributed by atoms with Crippen molar-refractivity contribution >= 4 is 61.6 Å². The SMILES string of the molecule is COc1cc(C2/C(=C(/O)c3ccc(Br)cc3)C(=O)C(=O)N2c2nnc(SCc3ccc(C)cc3)s2)cc(OC)c1OC. The number of anilines is 1. The van der Waals surface area contributed by atoms with Crippen molar-refractivity contribution in [2.75, 3.05) is 26.2 Å². The first kappa shape index (κ1) is 29.6. The number of nitrogens with zero attached hydrogens (tertiary/aromatic N) is 3. The number of amides is 1. The average molecular weight is 669 g/mol. The molecule has 0 aliphatic carbocycles. The Labute approximate surface area is 259 Å². The Kier molecular flexibility index (Phi) is 8.85. The van der Waals surface area contributed by atoms with Crippen molar-refractivity contribution in [3.63, 3.8) is 0 Å². The Bertz CT molecular complexity index is 1650. The van der Waals surface area contributed by atoms with Crippen molar-refractivity contribution in [3.8, 4) is 17.2 Å². The molecule has 1 saturated heterocycles. The van der Waals surface area contributed by atoms with Crippen molar-refractivity contribution < 1.29 is 28.9 Å². The Balaban J connectivity index is 1.61. The van der Waals surface area contributed by atoms with Crippen LogP contribution in [0, 0.1) is 6.92 Å². The second kappa shape index (κ2) is 12.6. The molecule has 1 aromatic heterocycles. The highest BCUT2D eigenvalue weighted by molar-refractivity contribution is 9.10. The molecule has 0 saturated carbocycles. The normalized spacial score (nSPS) is 16.1. The quantitative estimate of drug-likeness (QED) is 0.0698. The maximum absolute atomic E-state index is 13.6. The van der Waals surface area contributed by atoms with E-state index in [1.807, 2.05) is 19.1 Å². The number of aromatic nitrogens is 2. The number of benzene rings is 3. The summed E-state index contributed by atoms with van der Waals surface area (Å²) in [5.41, 5.74) is 3.02. The molecule has 1 aliphatic rings. The van der Waals surface area contributed by atoms with Gasteiger partial charge in [-0.15, -0.1) is 10.2 Å². The Morgan fingerprint density at radius 1 is 0.976 bits per heavy atom. The molecule has 42 heavy (non-hydrogen) atoms. The van der Waals surface area contributed by atoms with Crippen LogP contribution >= 0.6 is 39.0 Å². The minimum absolute atomic E-state index is 0.0966. The number of hydrogen-bond acceptors (Lipinski definition) is 10. The van der Waals surface area contributed by atoms with Crippen LogP contribution < -0.4 is 19.1 Å². The molecule has 12 heteroatoms. The number of ether oxygens (including phenoxy) is 3. The summed E-state index contributed by atoms with van der Waals surface area (Å²) in [6.45, 7) is 2.03. The van der Waals surface area contributed by atoms with Crippen molar-refractivity contribution in [3.05, 3.63) is 93.0 Å². The summed E-state index contributed by atoms with van der Waals surface area (Å²) in [6, 6.07) is 17.2. The molecule has 1 unspecified atom stereocenters. The van der Waals surface area contributed by atoms with Gasteiger partial charge in [0, 0.05) is 15.8 Å². The first-order valence-electron chi connectivity index (χ1n) is 12.6. The van der Waals surface area contributed by atoms with Crippen LogP contribution in [0.1, 0.15) is 28.3 Å². The summed E-state index contributed by atoms with van der Waals surface area (Å²) in [5, 5.41) is 20.2. The Morgan fingerprint density at radius 2 is 1.62 bits per heavy atom. The molecular formula is C30H26BrN3O6S2. The highest BCUT2D eigenvalue weighted by atomic mass is 79.9. The topological polar surface area (TPSA) is 111 Å². The first-order valence-corrected chi connectivity index (χ1v) is 15.2. The van der Waals surface area contributed by atoms with Crippen LogP contribution in [-0.2, 0) is 15.3 Å². The molecule has 1 aliphatic heterocycles. The van der Waals surface area contributed by atoms with Crippen LogP contribution in [0.4, 0.5) is 5.13 Å². The van der Waals surface area contributed by atoms with E-state index >= 15 is 0 Å². The third-order valence-corrected chi connectivity index (χ3v) is 9.31. The molecule has 1 fully saturated rings. The van der Waals surface area contributed by atoms with Gasteiger partial charge in [-0.25, -0.2) is 0 Å². The number of aliphatic hydroxyl groups excluding tert-OH is 1. The van der Waals surface area contributed by atoms with Crippen LogP contribution in [0.3, 0.4) is 0 Å². The molecule has 1 amide bonds. The van der Waals surface area contributed by atoms with Crippen molar-refractivity contribution in [2.45, 2.75) is 23.1 Å². The van der Waals surface area contributed by atoms with E-state index in [4.69, 9.17) is 14.2 Å². The van der Waals surface area contributed by atoms with Gasteiger partial charge in [0.2, 0.25) is 10.9 Å². The highest BCUT2D eigenvalue weighted by Crippen LogP contribution is 2.48. The summed E-state index contributed by atoms with van der Waals surface area (Å²) in [4.78, 5) is 28.5. The van der Waals surface area contributed by atoms with Gasteiger partial charge in [-0.2, -0.15) is 0 Å². The highest BCUT2D eigenvalue weighted by Gasteiger charge is 2.49. The first-order chi connectivity index (χ1) is 20.2. The van der Waals surface area contributed by atoms with Crippen LogP contribution in [0.5, 0.6) is 17.2 Å². The van der Waals surface area contributed by atoms with Crippen LogP contribution in [0.25, 0.3) is 5.76 Å². The predicted molar refractivity (Wildman–Crippen MR) is 166 cm³/mol. The number of thioether (sulfide) groups is 1. The number of Topliss-reactive ketones (excluding diaryl/α,β-unsaturated/α-hetero) is 1. The Hall–Kier alpha value is -3.87. The van der Waals surface area contributed by atoms with Crippen molar-refractivity contribution in [2.24, 2.45) is 0 Å². The van der Waals surface area contributed by atoms with E-state index in [0.717, 1.165) is 10.0 Å². The molecule has 4 aromatic rings. The van der Waals surface area contributed by atoms with Gasteiger partial charge in [-0.3, -0.25) is 14.5 Å². The van der Waals surface area contributed by atoms with Gasteiger partial charge in [0.05, 0.1) is 32.9 Å². The second-order valence-corrected chi connectivity index (χ2v) is 12.4. The fourth-order valence-electron chi connectivity index (χ4n) is 4.56. The van der Waals surface area contributed by atoms with Gasteiger partial charge >= 0.3 is 5.91 Å². The summed E-state index contributed by atoms with van der Waals surface area (Å²) < 4.78 is 18.0. The molecule has 9 nitrogen and oxygen atoms in total. The van der Waals surface area contributed by atoms with Crippen molar-refractivity contribution in [1.82, 2.24) is 10.2 Å². The molecule has 0 bridgehead atoms. The minimum Gasteiger partial charge on any atom is -0.507 e. The van der Waals surface area contributed by atoms with E-state index in [9.17, 15) is 14.7 Å². The molecule has 1 N–H and O–H groups in total. The number of hydrogen-bond donors (Lipinski definition) is 1. The molecule has 5 rings (SSSR count). The lowest BCUT2D eigenvalue weighted by atomic mass is 9.95. The van der Waals surface area contributed by atoms with Crippen molar-refractivity contribution in [1.29, 1.82) is 0 Å². The molecular weight excluding hydrogens is 642 g/mol. The average Bonchev–Trinajstić information content (AvgIpc) is 3.57. The molecule has 2 heterocycles. The molecule has 216 valence electrons. The predicted octanol–water partition coefficient (Wildman–Crippen LogP) is 6.55. The van der Waals surface area contributed by atoms with E-state index in [2.05, 4.69) is 38.3 Å². The lowest BCUT2D eigenvalue weighted by molar-refractivity contribution is -0.132. The minimum atomic E-state index is -1.05. The second-order valence-electron chi connectivity index (χ2n) is 9.26. The lowest BCUT2D eigenvalue weighted by Gasteiger charge is -2.24. The number of aliphatic hydroxyl groups is 1. The fraction of sp³-hybridized carbons (Fsp3) is 0.200. The van der Waals surface area contributed by atoms with Gasteiger partial charge in [0.25, 0.3) is 5.78 Å². The molecule has 1 atom stereocenters. The van der Waals surface area contributed by atoms with E-state index in [1.165, 1.54) is 54.9 Å². The zero-order chi connectivity index (χ0) is 30.0. The number of aryl methyl sites for hydroxylation is 1. The summed E-state index contributed by atoms with van der Waals surface area (Å²) >= 11 is 6.06.